The zero-order valence-electron chi connectivity index (χ0n) is 16.0. The second kappa shape index (κ2) is 7.96. The van der Waals surface area contributed by atoms with E-state index >= 15 is 0 Å². The molecule has 0 radical (unpaired) electrons. The maximum Gasteiger partial charge on any atom is 0.270 e. The van der Waals surface area contributed by atoms with E-state index in [2.05, 4.69) is 10.3 Å². The third-order valence-electron chi connectivity index (χ3n) is 4.84. The van der Waals surface area contributed by atoms with E-state index in [4.69, 9.17) is 22.3 Å². The summed E-state index contributed by atoms with van der Waals surface area (Å²) in [5, 5.41) is 2.87. The summed E-state index contributed by atoms with van der Waals surface area (Å²) in [6.07, 6.45) is 0. The summed E-state index contributed by atoms with van der Waals surface area (Å²) in [5.41, 5.74) is 8.03. The van der Waals surface area contributed by atoms with Crippen LogP contribution in [0.3, 0.4) is 0 Å². The molecule has 0 bridgehead atoms. The Kier molecular flexibility index (Phi) is 5.20. The number of nitrogens with zero attached hydrogens (tertiary/aromatic N) is 3. The van der Waals surface area contributed by atoms with Gasteiger partial charge in [0.25, 0.3) is 11.8 Å². The third-order valence-corrected chi connectivity index (χ3v) is 5.12. The topological polar surface area (TPSA) is 103 Å². The number of aromatic nitrogens is 3. The molecular weight excluding hydrogens is 402 g/mol. The maximum atomic E-state index is 13.0. The van der Waals surface area contributed by atoms with E-state index in [-0.39, 0.29) is 16.4 Å². The minimum absolute atomic E-state index is 0.0585. The highest BCUT2D eigenvalue weighted by atomic mass is 35.5. The molecule has 30 heavy (non-hydrogen) atoms. The predicted molar refractivity (Wildman–Crippen MR) is 114 cm³/mol. The minimum atomic E-state index is -0.707. The summed E-state index contributed by atoms with van der Waals surface area (Å²) in [7, 11) is 1.91. The van der Waals surface area contributed by atoms with Gasteiger partial charge >= 0.3 is 0 Å². The number of hydrogen-bond donors (Lipinski definition) is 2. The van der Waals surface area contributed by atoms with Gasteiger partial charge in [-0.2, -0.15) is 0 Å². The number of halogens is 1. The van der Waals surface area contributed by atoms with E-state index in [0.29, 0.717) is 5.82 Å². The molecule has 0 spiro atoms. The fourth-order valence-electron chi connectivity index (χ4n) is 3.31. The van der Waals surface area contributed by atoms with Crippen LogP contribution in [0, 0.1) is 0 Å². The number of pyridine rings is 1. The quantitative estimate of drug-likeness (QED) is 0.484. The van der Waals surface area contributed by atoms with Crippen LogP contribution < -0.4 is 11.1 Å². The van der Waals surface area contributed by atoms with Crippen molar-refractivity contribution in [1.82, 2.24) is 19.9 Å². The molecule has 4 aromatic rings. The highest BCUT2D eigenvalue weighted by Crippen LogP contribution is 2.25. The number of primary amides is 1. The first-order valence-corrected chi connectivity index (χ1v) is 9.57. The van der Waals surface area contributed by atoms with Gasteiger partial charge in [0.15, 0.2) is 0 Å². The summed E-state index contributed by atoms with van der Waals surface area (Å²) >= 11 is 6.01. The maximum absolute atomic E-state index is 13.0. The van der Waals surface area contributed by atoms with Crippen LogP contribution in [0.15, 0.2) is 66.7 Å². The molecule has 4 rings (SSSR count). The second-order valence-corrected chi connectivity index (χ2v) is 7.09. The zero-order valence-corrected chi connectivity index (χ0v) is 16.8. The molecule has 7 nitrogen and oxygen atoms in total. The van der Waals surface area contributed by atoms with Crippen molar-refractivity contribution in [3.8, 4) is 0 Å². The Hall–Kier alpha value is -3.71. The van der Waals surface area contributed by atoms with Crippen LogP contribution in [0.5, 0.6) is 0 Å². The number of para-hydroxylation sites is 2. The monoisotopic (exact) mass is 419 g/mol. The molecule has 0 aliphatic heterocycles. The van der Waals surface area contributed by atoms with Crippen molar-refractivity contribution >= 4 is 34.4 Å². The lowest BCUT2D eigenvalue weighted by Crippen LogP contribution is -2.32. The van der Waals surface area contributed by atoms with Crippen LogP contribution in [0.25, 0.3) is 11.0 Å². The Balaban J connectivity index is 1.74. The summed E-state index contributed by atoms with van der Waals surface area (Å²) in [5.74, 6) is -0.481. The number of benzene rings is 2. The van der Waals surface area contributed by atoms with E-state index in [9.17, 15) is 9.59 Å². The van der Waals surface area contributed by atoms with E-state index < -0.39 is 17.9 Å². The highest BCUT2D eigenvalue weighted by molar-refractivity contribution is 6.32. The van der Waals surface area contributed by atoms with Gasteiger partial charge in [-0.1, -0.05) is 54.1 Å². The van der Waals surface area contributed by atoms with Crippen molar-refractivity contribution in [2.75, 3.05) is 0 Å². The predicted octanol–water partition coefficient (Wildman–Crippen LogP) is 3.24. The van der Waals surface area contributed by atoms with Crippen LogP contribution in [-0.4, -0.2) is 26.3 Å². The van der Waals surface area contributed by atoms with Crippen molar-refractivity contribution in [2.45, 2.75) is 6.04 Å². The first-order chi connectivity index (χ1) is 14.5. The molecule has 3 N–H and O–H groups in total. The molecule has 2 aromatic heterocycles. The number of nitrogens with two attached hydrogens (primary N) is 1. The third kappa shape index (κ3) is 3.62. The van der Waals surface area contributed by atoms with Gasteiger partial charge in [0.1, 0.15) is 22.7 Å². The van der Waals surface area contributed by atoms with Gasteiger partial charge in [0, 0.05) is 7.05 Å². The fraction of sp³-hybridized carbons (Fsp3) is 0.0909. The lowest BCUT2D eigenvalue weighted by Gasteiger charge is -2.19. The van der Waals surface area contributed by atoms with Crippen molar-refractivity contribution in [1.29, 1.82) is 0 Å². The molecule has 8 heteroatoms. The first kappa shape index (κ1) is 19.6. The molecule has 2 aromatic carbocycles. The van der Waals surface area contributed by atoms with Gasteiger partial charge < -0.3 is 15.6 Å². The van der Waals surface area contributed by atoms with Crippen LogP contribution in [-0.2, 0) is 7.05 Å². The molecular formula is C22H18ClN5O2. The SMILES string of the molecule is Cn1c([C@@H](NC(=O)c2ccc(C(N)=O)c(Cl)n2)c2ccccc2)nc2ccccc21. The Morgan fingerprint density at radius 1 is 1.00 bits per heavy atom. The second-order valence-electron chi connectivity index (χ2n) is 6.73. The van der Waals surface area contributed by atoms with Crippen molar-refractivity contribution in [3.63, 3.8) is 0 Å². The molecule has 0 fully saturated rings. The smallest absolute Gasteiger partial charge is 0.270 e. The van der Waals surface area contributed by atoms with E-state index in [1.807, 2.05) is 66.2 Å². The Morgan fingerprint density at radius 3 is 2.37 bits per heavy atom. The average molecular weight is 420 g/mol. The van der Waals surface area contributed by atoms with Crippen LogP contribution in [0.4, 0.5) is 0 Å². The summed E-state index contributed by atoms with van der Waals surface area (Å²) in [6, 6.07) is 19.6. The number of nitrogens with one attached hydrogen (secondary N) is 1. The molecule has 0 aliphatic rings. The van der Waals surface area contributed by atoms with Crippen molar-refractivity contribution in [2.24, 2.45) is 12.8 Å². The normalized spacial score (nSPS) is 11.9. The fourth-order valence-corrected chi connectivity index (χ4v) is 3.56. The standard InChI is InChI=1S/C22H18ClN5O2/c1-28-17-10-6-5-9-15(17)26-21(28)18(13-7-3-2-4-8-13)27-22(30)16-12-11-14(20(24)29)19(23)25-16/h2-12,18H,1H3,(H2,24,29)(H,27,30)/t18-/m0/s1. The number of fused-ring (bicyclic) bond motifs is 1. The first-order valence-electron chi connectivity index (χ1n) is 9.19. The van der Waals surface area contributed by atoms with Crippen LogP contribution in [0.1, 0.15) is 38.3 Å². The van der Waals surface area contributed by atoms with Crippen molar-refractivity contribution < 1.29 is 9.59 Å². The number of carbonyl (C=O) groups is 2. The number of aryl methyl sites for hydroxylation is 1. The molecule has 0 aliphatic carbocycles. The molecule has 1 atom stereocenters. The van der Waals surface area contributed by atoms with Gasteiger partial charge in [-0.25, -0.2) is 9.97 Å². The number of amides is 2. The average Bonchev–Trinajstić information content (AvgIpc) is 3.08. The Morgan fingerprint density at radius 2 is 1.70 bits per heavy atom. The van der Waals surface area contributed by atoms with Gasteiger partial charge in [-0.05, 0) is 29.8 Å². The summed E-state index contributed by atoms with van der Waals surface area (Å²) in [6.45, 7) is 0. The zero-order chi connectivity index (χ0) is 21.3. The molecule has 0 saturated carbocycles. The molecule has 0 unspecified atom stereocenters. The molecule has 0 saturated heterocycles. The number of rotatable bonds is 5. The van der Waals surface area contributed by atoms with Crippen molar-refractivity contribution in [3.05, 3.63) is 94.5 Å². The van der Waals surface area contributed by atoms with Gasteiger partial charge in [0.2, 0.25) is 0 Å². The molecule has 2 heterocycles. The summed E-state index contributed by atoms with van der Waals surface area (Å²) in [4.78, 5) is 33.1. The number of imidazole rings is 1. The lowest BCUT2D eigenvalue weighted by molar-refractivity contribution is 0.0933. The largest absolute Gasteiger partial charge is 0.366 e. The molecule has 150 valence electrons. The summed E-state index contributed by atoms with van der Waals surface area (Å²) < 4.78 is 1.95. The van der Waals surface area contributed by atoms with Crippen LogP contribution in [0.2, 0.25) is 5.15 Å². The Labute approximate surface area is 177 Å². The minimum Gasteiger partial charge on any atom is -0.366 e. The highest BCUT2D eigenvalue weighted by Gasteiger charge is 2.24. The van der Waals surface area contributed by atoms with Gasteiger partial charge in [-0.3, -0.25) is 9.59 Å². The van der Waals surface area contributed by atoms with E-state index in [0.717, 1.165) is 16.6 Å². The van der Waals surface area contributed by atoms with Gasteiger partial charge in [0.05, 0.1) is 16.6 Å². The molecule has 2 amide bonds. The number of hydrogen-bond acceptors (Lipinski definition) is 4. The van der Waals surface area contributed by atoms with Crippen LogP contribution >= 0.6 is 11.6 Å². The number of carbonyl (C=O) groups excluding carboxylic acids is 2. The van der Waals surface area contributed by atoms with E-state index in [1.165, 1.54) is 12.1 Å². The Bertz CT molecular complexity index is 1250. The lowest BCUT2D eigenvalue weighted by atomic mass is 10.1. The van der Waals surface area contributed by atoms with E-state index in [1.54, 1.807) is 0 Å². The van der Waals surface area contributed by atoms with Gasteiger partial charge in [-0.15, -0.1) is 0 Å².